The van der Waals surface area contributed by atoms with Crippen LogP contribution >= 0.6 is 31.9 Å². The van der Waals surface area contributed by atoms with Gasteiger partial charge >= 0.3 is 0 Å². The summed E-state index contributed by atoms with van der Waals surface area (Å²) in [6.45, 7) is 2.04. The van der Waals surface area contributed by atoms with Crippen LogP contribution in [0.2, 0.25) is 0 Å². The van der Waals surface area contributed by atoms with E-state index in [2.05, 4.69) is 52.1 Å². The van der Waals surface area contributed by atoms with Gasteiger partial charge in [-0.2, -0.15) is 5.10 Å². The van der Waals surface area contributed by atoms with Crippen molar-refractivity contribution in [2.24, 2.45) is 0 Å². The fourth-order valence-electron chi connectivity index (χ4n) is 1.89. The fourth-order valence-corrected chi connectivity index (χ4v) is 4.82. The predicted octanol–water partition coefficient (Wildman–Crippen LogP) is 2.76. The Kier molecular flexibility index (Phi) is 5.07. The zero-order chi connectivity index (χ0) is 15.6. The Balaban J connectivity index is 2.46. The molecule has 0 aliphatic heterocycles. The van der Waals surface area contributed by atoms with E-state index < -0.39 is 10.0 Å². The summed E-state index contributed by atoms with van der Waals surface area (Å²) in [7, 11) is -2.01. The molecule has 0 radical (unpaired) electrons. The topological polar surface area (TPSA) is 86.9 Å². The van der Waals surface area contributed by atoms with Gasteiger partial charge in [0, 0.05) is 15.5 Å². The molecule has 114 valence electrons. The molecule has 0 bridgehead atoms. The number of rotatable bonds is 5. The monoisotopic (exact) mass is 436 g/mol. The number of aromatic amines is 1. The summed E-state index contributed by atoms with van der Waals surface area (Å²) >= 11 is 6.68. The molecule has 1 heterocycles. The lowest BCUT2D eigenvalue weighted by molar-refractivity contribution is 0.598. The quantitative estimate of drug-likeness (QED) is 0.671. The highest BCUT2D eigenvalue weighted by Crippen LogP contribution is 2.33. The number of halogens is 2. The average Bonchev–Trinajstić information content (AvgIpc) is 2.77. The zero-order valence-electron chi connectivity index (χ0n) is 11.4. The van der Waals surface area contributed by atoms with Crippen molar-refractivity contribution >= 4 is 47.6 Å². The molecule has 0 amide bonds. The molecule has 2 rings (SSSR count). The van der Waals surface area contributed by atoms with Crippen LogP contribution in [0.1, 0.15) is 11.4 Å². The Labute approximate surface area is 140 Å². The molecule has 0 unspecified atom stereocenters. The largest absolute Gasteiger partial charge is 0.314 e. The van der Waals surface area contributed by atoms with Crippen LogP contribution < -0.4 is 10.0 Å². The molecular formula is C12H14Br2N4O2S. The standard InChI is InChI=1S/C12H14Br2N4O2S/c1-7-12(10(6-15-2)17-16-7)21(19,20)18-11-8(13)4-3-5-9(11)14/h3-5,15,18H,6H2,1-2H3,(H,16,17). The maximum atomic E-state index is 12.6. The van der Waals surface area contributed by atoms with E-state index in [9.17, 15) is 8.42 Å². The first-order chi connectivity index (χ1) is 9.86. The summed E-state index contributed by atoms with van der Waals surface area (Å²) in [6, 6.07) is 5.33. The van der Waals surface area contributed by atoms with E-state index >= 15 is 0 Å². The molecule has 0 atom stereocenters. The van der Waals surface area contributed by atoms with Gasteiger partial charge in [-0.25, -0.2) is 8.42 Å². The number of para-hydroxylation sites is 1. The summed E-state index contributed by atoms with van der Waals surface area (Å²) in [6.07, 6.45) is 0. The Morgan fingerprint density at radius 2 is 1.90 bits per heavy atom. The molecule has 3 N–H and O–H groups in total. The Bertz CT molecular complexity index is 738. The van der Waals surface area contributed by atoms with Crippen molar-refractivity contribution < 1.29 is 8.42 Å². The molecule has 21 heavy (non-hydrogen) atoms. The molecule has 0 saturated carbocycles. The number of hydrogen-bond donors (Lipinski definition) is 3. The third-order valence-electron chi connectivity index (χ3n) is 2.77. The van der Waals surface area contributed by atoms with Crippen molar-refractivity contribution in [3.63, 3.8) is 0 Å². The van der Waals surface area contributed by atoms with E-state index in [0.29, 0.717) is 32.6 Å². The van der Waals surface area contributed by atoms with E-state index in [1.807, 2.05) is 6.07 Å². The van der Waals surface area contributed by atoms with Gasteiger partial charge in [-0.1, -0.05) is 6.07 Å². The number of benzene rings is 1. The summed E-state index contributed by atoms with van der Waals surface area (Å²) in [5.74, 6) is 0. The second kappa shape index (κ2) is 6.47. The highest BCUT2D eigenvalue weighted by atomic mass is 79.9. The number of aromatic nitrogens is 2. The van der Waals surface area contributed by atoms with Crippen molar-refractivity contribution in [2.75, 3.05) is 11.8 Å². The molecule has 2 aromatic rings. The molecule has 0 aliphatic carbocycles. The van der Waals surface area contributed by atoms with E-state index in [0.717, 1.165) is 0 Å². The van der Waals surface area contributed by atoms with Crippen LogP contribution in [-0.4, -0.2) is 25.7 Å². The highest BCUT2D eigenvalue weighted by molar-refractivity contribution is 9.11. The van der Waals surface area contributed by atoms with Gasteiger partial charge in [-0.05, 0) is 58.0 Å². The number of H-pyrrole nitrogens is 1. The lowest BCUT2D eigenvalue weighted by Gasteiger charge is -2.12. The third kappa shape index (κ3) is 3.47. The number of aryl methyl sites for hydroxylation is 1. The first-order valence-corrected chi connectivity index (χ1v) is 9.09. The minimum absolute atomic E-state index is 0.166. The molecule has 6 nitrogen and oxygen atoms in total. The summed E-state index contributed by atoms with van der Waals surface area (Å²) < 4.78 is 29.2. The van der Waals surface area contributed by atoms with Crippen LogP contribution in [0.4, 0.5) is 5.69 Å². The van der Waals surface area contributed by atoms with Gasteiger partial charge in [0.2, 0.25) is 0 Å². The van der Waals surface area contributed by atoms with Crippen molar-refractivity contribution in [3.05, 3.63) is 38.5 Å². The van der Waals surface area contributed by atoms with Crippen LogP contribution in [0, 0.1) is 6.92 Å². The van der Waals surface area contributed by atoms with Gasteiger partial charge in [-0.3, -0.25) is 9.82 Å². The van der Waals surface area contributed by atoms with E-state index in [1.165, 1.54) is 0 Å². The number of nitrogens with one attached hydrogen (secondary N) is 3. The lowest BCUT2D eigenvalue weighted by Crippen LogP contribution is -2.18. The number of sulfonamides is 1. The molecule has 1 aromatic carbocycles. The van der Waals surface area contributed by atoms with Crippen molar-refractivity contribution in [2.45, 2.75) is 18.4 Å². The van der Waals surface area contributed by atoms with Gasteiger partial charge in [0.15, 0.2) is 0 Å². The average molecular weight is 438 g/mol. The summed E-state index contributed by atoms with van der Waals surface area (Å²) in [5.41, 5.74) is 1.40. The van der Waals surface area contributed by atoms with E-state index in [-0.39, 0.29) is 4.90 Å². The molecule has 0 saturated heterocycles. The minimum atomic E-state index is -3.74. The summed E-state index contributed by atoms with van der Waals surface area (Å²) in [4.78, 5) is 0.166. The normalized spacial score (nSPS) is 11.6. The zero-order valence-corrected chi connectivity index (χ0v) is 15.4. The van der Waals surface area contributed by atoms with Crippen LogP contribution in [0.5, 0.6) is 0 Å². The number of hydrogen-bond acceptors (Lipinski definition) is 4. The molecule has 0 fully saturated rings. The molecular weight excluding hydrogens is 424 g/mol. The van der Waals surface area contributed by atoms with Crippen LogP contribution in [-0.2, 0) is 16.6 Å². The van der Waals surface area contributed by atoms with Gasteiger partial charge in [0.25, 0.3) is 10.0 Å². The molecule has 0 aliphatic rings. The fraction of sp³-hybridized carbons (Fsp3) is 0.250. The van der Waals surface area contributed by atoms with E-state index in [1.54, 1.807) is 26.1 Å². The van der Waals surface area contributed by atoms with Crippen molar-refractivity contribution in [1.29, 1.82) is 0 Å². The first kappa shape index (κ1) is 16.5. The predicted molar refractivity (Wildman–Crippen MR) is 88.7 cm³/mol. The summed E-state index contributed by atoms with van der Waals surface area (Å²) in [5, 5.41) is 9.64. The third-order valence-corrected chi connectivity index (χ3v) is 5.65. The first-order valence-electron chi connectivity index (χ1n) is 6.02. The molecule has 9 heteroatoms. The second-order valence-corrected chi connectivity index (χ2v) is 7.68. The molecule has 1 aromatic heterocycles. The number of nitrogens with zero attached hydrogens (tertiary/aromatic N) is 1. The number of anilines is 1. The van der Waals surface area contributed by atoms with Gasteiger partial charge in [0.05, 0.1) is 17.1 Å². The van der Waals surface area contributed by atoms with Crippen molar-refractivity contribution in [1.82, 2.24) is 15.5 Å². The van der Waals surface area contributed by atoms with Gasteiger partial charge in [0.1, 0.15) is 4.90 Å². The maximum Gasteiger partial charge on any atom is 0.265 e. The maximum absolute atomic E-state index is 12.6. The van der Waals surface area contributed by atoms with Crippen molar-refractivity contribution in [3.8, 4) is 0 Å². The molecule has 0 spiro atoms. The Hall–Kier alpha value is -0.900. The van der Waals surface area contributed by atoms with Crippen LogP contribution in [0.25, 0.3) is 0 Å². The lowest BCUT2D eigenvalue weighted by atomic mass is 10.3. The minimum Gasteiger partial charge on any atom is -0.314 e. The Morgan fingerprint density at radius 1 is 1.29 bits per heavy atom. The highest BCUT2D eigenvalue weighted by Gasteiger charge is 2.25. The smallest absolute Gasteiger partial charge is 0.265 e. The second-order valence-electron chi connectivity index (χ2n) is 4.36. The van der Waals surface area contributed by atoms with E-state index in [4.69, 9.17) is 0 Å². The van der Waals surface area contributed by atoms with Gasteiger partial charge in [-0.15, -0.1) is 0 Å². The van der Waals surface area contributed by atoms with Crippen LogP contribution in [0.3, 0.4) is 0 Å². The SMILES string of the molecule is CNCc1n[nH]c(C)c1S(=O)(=O)Nc1c(Br)cccc1Br. The Morgan fingerprint density at radius 3 is 2.48 bits per heavy atom. The van der Waals surface area contributed by atoms with Crippen LogP contribution in [0.15, 0.2) is 32.0 Å². The van der Waals surface area contributed by atoms with Gasteiger partial charge < -0.3 is 5.32 Å².